The molecule has 3 rings (SSSR count). The van der Waals surface area contributed by atoms with Gasteiger partial charge in [-0.05, 0) is 30.7 Å². The summed E-state index contributed by atoms with van der Waals surface area (Å²) < 4.78 is 59.4. The molecular formula is C20H19F4N3OS. The number of thiazole rings is 1. The molecule has 0 bridgehead atoms. The average molecular weight is 425 g/mol. The van der Waals surface area contributed by atoms with Gasteiger partial charge >= 0.3 is 6.18 Å². The van der Waals surface area contributed by atoms with Gasteiger partial charge < -0.3 is 10.1 Å². The predicted octanol–water partition coefficient (Wildman–Crippen LogP) is 6.68. The molecule has 0 amide bonds. The summed E-state index contributed by atoms with van der Waals surface area (Å²) in [4.78, 5) is 8.13. The summed E-state index contributed by atoms with van der Waals surface area (Å²) in [6.45, 7) is 2.19. The number of unbranched alkanes of at least 4 members (excludes halogenated alkanes) is 2. The molecule has 2 aromatic heterocycles. The molecule has 0 saturated carbocycles. The summed E-state index contributed by atoms with van der Waals surface area (Å²) in [6, 6.07) is 6.82. The molecular weight excluding hydrogens is 406 g/mol. The fourth-order valence-corrected chi connectivity index (χ4v) is 3.38. The minimum absolute atomic E-state index is 0.133. The Morgan fingerprint density at radius 1 is 1.17 bits per heavy atom. The largest absolute Gasteiger partial charge is 0.493 e. The number of hydrogen-bond acceptors (Lipinski definition) is 5. The van der Waals surface area contributed by atoms with Crippen molar-refractivity contribution in [1.29, 1.82) is 0 Å². The maximum Gasteiger partial charge on any atom is 0.419 e. The number of aromatic nitrogens is 2. The highest BCUT2D eigenvalue weighted by molar-refractivity contribution is 7.14. The highest BCUT2D eigenvalue weighted by Gasteiger charge is 2.34. The summed E-state index contributed by atoms with van der Waals surface area (Å²) in [5, 5.41) is 2.56. The first-order valence-corrected chi connectivity index (χ1v) is 9.88. The third kappa shape index (κ3) is 5.44. The second-order valence-electron chi connectivity index (χ2n) is 6.27. The lowest BCUT2D eigenvalue weighted by Gasteiger charge is -2.15. The molecule has 0 fully saturated rings. The van der Waals surface area contributed by atoms with Gasteiger partial charge in [0.15, 0.2) is 5.13 Å². The monoisotopic (exact) mass is 425 g/mol. The zero-order valence-corrected chi connectivity index (χ0v) is 16.4. The first-order chi connectivity index (χ1) is 13.9. The van der Waals surface area contributed by atoms with Crippen LogP contribution in [-0.2, 0) is 6.18 Å². The van der Waals surface area contributed by atoms with Crippen LogP contribution in [0.3, 0.4) is 0 Å². The maximum absolute atomic E-state index is 14.3. The van der Waals surface area contributed by atoms with E-state index in [1.165, 1.54) is 18.3 Å². The van der Waals surface area contributed by atoms with Crippen LogP contribution in [0.4, 0.5) is 28.4 Å². The van der Waals surface area contributed by atoms with E-state index in [1.807, 2.05) is 6.92 Å². The summed E-state index contributed by atoms with van der Waals surface area (Å²) >= 11 is 0.764. The first-order valence-electron chi connectivity index (χ1n) is 9.06. The highest BCUT2D eigenvalue weighted by Crippen LogP contribution is 2.39. The van der Waals surface area contributed by atoms with Crippen molar-refractivity contribution in [2.45, 2.75) is 32.4 Å². The van der Waals surface area contributed by atoms with Crippen molar-refractivity contribution in [1.82, 2.24) is 9.97 Å². The zero-order chi connectivity index (χ0) is 20.9. The fraction of sp³-hybridized carbons (Fsp3) is 0.300. The van der Waals surface area contributed by atoms with Crippen LogP contribution in [0, 0.1) is 5.13 Å². The van der Waals surface area contributed by atoms with Crippen molar-refractivity contribution in [3.63, 3.8) is 0 Å². The van der Waals surface area contributed by atoms with Gasteiger partial charge in [-0.3, -0.25) is 4.98 Å². The number of benzene rings is 1. The number of rotatable bonds is 8. The van der Waals surface area contributed by atoms with Crippen LogP contribution in [0.25, 0.3) is 11.3 Å². The molecule has 3 aromatic rings. The lowest BCUT2D eigenvalue weighted by Crippen LogP contribution is -2.10. The van der Waals surface area contributed by atoms with Crippen molar-refractivity contribution in [3.05, 3.63) is 53.4 Å². The Kier molecular flexibility index (Phi) is 6.68. The van der Waals surface area contributed by atoms with Gasteiger partial charge in [-0.1, -0.05) is 31.1 Å². The van der Waals surface area contributed by atoms with Crippen LogP contribution in [0.2, 0.25) is 0 Å². The molecule has 0 aliphatic rings. The summed E-state index contributed by atoms with van der Waals surface area (Å²) in [6.07, 6.45) is 0.997. The van der Waals surface area contributed by atoms with Gasteiger partial charge in [-0.2, -0.15) is 17.6 Å². The Bertz CT molecular complexity index is 945. The van der Waals surface area contributed by atoms with Gasteiger partial charge in [0, 0.05) is 29.7 Å². The molecule has 154 valence electrons. The van der Waals surface area contributed by atoms with Gasteiger partial charge in [0.25, 0.3) is 0 Å². The van der Waals surface area contributed by atoms with E-state index < -0.39 is 16.9 Å². The Hall–Kier alpha value is -2.68. The lowest BCUT2D eigenvalue weighted by atomic mass is 10.1. The molecule has 0 saturated heterocycles. The third-order valence-electron chi connectivity index (χ3n) is 4.06. The minimum atomic E-state index is -4.53. The number of ether oxygens (including phenoxy) is 1. The number of anilines is 2. The molecule has 9 heteroatoms. The molecule has 0 spiro atoms. The van der Waals surface area contributed by atoms with E-state index in [0.717, 1.165) is 30.2 Å². The number of hydrogen-bond donors (Lipinski definition) is 1. The van der Waals surface area contributed by atoms with Crippen LogP contribution in [0.1, 0.15) is 31.7 Å². The standard InChI is InChI=1S/C20H19F4N3OS/c1-2-3-4-10-28-16-11-14(7-8-15(16)20(22,23)24)26-19-27-17(18(21)29-19)13-6-5-9-25-12-13/h5-9,11-12H,2-4,10H2,1H3,(H,26,27). The van der Waals surface area contributed by atoms with E-state index >= 15 is 0 Å². The minimum Gasteiger partial charge on any atom is -0.493 e. The molecule has 0 radical (unpaired) electrons. The van der Waals surface area contributed by atoms with Gasteiger partial charge in [-0.25, -0.2) is 4.98 Å². The second-order valence-corrected chi connectivity index (χ2v) is 7.22. The van der Waals surface area contributed by atoms with Crippen LogP contribution >= 0.6 is 11.3 Å². The normalized spacial score (nSPS) is 11.5. The number of nitrogens with zero attached hydrogens (tertiary/aromatic N) is 2. The lowest BCUT2D eigenvalue weighted by molar-refractivity contribution is -0.138. The van der Waals surface area contributed by atoms with E-state index in [2.05, 4.69) is 15.3 Å². The first kappa shape index (κ1) is 21.0. The molecule has 0 aliphatic carbocycles. The molecule has 0 unspecified atom stereocenters. The van der Waals surface area contributed by atoms with Crippen molar-refractivity contribution < 1.29 is 22.3 Å². The number of halogens is 4. The molecule has 0 atom stereocenters. The Labute approximate surface area is 169 Å². The number of pyridine rings is 1. The van der Waals surface area contributed by atoms with E-state index in [9.17, 15) is 17.6 Å². The van der Waals surface area contributed by atoms with Gasteiger partial charge in [-0.15, -0.1) is 0 Å². The maximum atomic E-state index is 14.3. The van der Waals surface area contributed by atoms with E-state index in [1.54, 1.807) is 18.3 Å². The zero-order valence-electron chi connectivity index (χ0n) is 15.6. The summed E-state index contributed by atoms with van der Waals surface area (Å²) in [5.41, 5.74) is 0.131. The van der Waals surface area contributed by atoms with Crippen LogP contribution < -0.4 is 10.1 Å². The summed E-state index contributed by atoms with van der Waals surface area (Å²) in [5.74, 6) is -0.261. The highest BCUT2D eigenvalue weighted by atomic mass is 32.1. The van der Waals surface area contributed by atoms with Crippen LogP contribution in [-0.4, -0.2) is 16.6 Å². The van der Waals surface area contributed by atoms with E-state index in [0.29, 0.717) is 17.7 Å². The molecule has 0 aliphatic heterocycles. The predicted molar refractivity (Wildman–Crippen MR) is 105 cm³/mol. The van der Waals surface area contributed by atoms with Gasteiger partial charge in [0.05, 0.1) is 12.2 Å². The van der Waals surface area contributed by atoms with Crippen molar-refractivity contribution in [2.24, 2.45) is 0 Å². The molecule has 1 N–H and O–H groups in total. The van der Waals surface area contributed by atoms with Crippen molar-refractivity contribution in [2.75, 3.05) is 11.9 Å². The SMILES string of the molecule is CCCCCOc1cc(Nc2nc(-c3cccnc3)c(F)s2)ccc1C(F)(F)F. The van der Waals surface area contributed by atoms with Crippen LogP contribution in [0.5, 0.6) is 5.75 Å². The molecule has 2 heterocycles. The molecule has 4 nitrogen and oxygen atoms in total. The Balaban J connectivity index is 1.82. The molecule has 29 heavy (non-hydrogen) atoms. The third-order valence-corrected chi connectivity index (χ3v) is 4.82. The summed E-state index contributed by atoms with van der Waals surface area (Å²) in [7, 11) is 0. The fourth-order valence-electron chi connectivity index (χ4n) is 2.65. The smallest absolute Gasteiger partial charge is 0.419 e. The second kappa shape index (κ2) is 9.21. The van der Waals surface area contributed by atoms with Crippen molar-refractivity contribution in [3.8, 4) is 17.0 Å². The topological polar surface area (TPSA) is 47.0 Å². The van der Waals surface area contributed by atoms with Crippen molar-refractivity contribution >= 4 is 22.2 Å². The average Bonchev–Trinajstić information content (AvgIpc) is 3.05. The number of alkyl halides is 3. The number of nitrogens with one attached hydrogen (secondary N) is 1. The Morgan fingerprint density at radius 2 is 2.00 bits per heavy atom. The molecule has 1 aromatic carbocycles. The van der Waals surface area contributed by atoms with Gasteiger partial charge in [0.1, 0.15) is 11.4 Å². The quantitative estimate of drug-likeness (QED) is 0.323. The van der Waals surface area contributed by atoms with E-state index in [4.69, 9.17) is 4.74 Å². The van der Waals surface area contributed by atoms with Crippen LogP contribution in [0.15, 0.2) is 42.7 Å². The Morgan fingerprint density at radius 3 is 2.69 bits per heavy atom. The van der Waals surface area contributed by atoms with E-state index in [-0.39, 0.29) is 23.2 Å². The van der Waals surface area contributed by atoms with Gasteiger partial charge in [0.2, 0.25) is 5.13 Å².